The first-order chi connectivity index (χ1) is 12.2. The molecule has 0 saturated carbocycles. The molecule has 0 aliphatic heterocycles. The number of nitrogens with one attached hydrogen (secondary N) is 3. The molecule has 0 bridgehead atoms. The zero-order valence-electron chi connectivity index (χ0n) is 14.4. The Balaban J connectivity index is 0.00000243. The van der Waals surface area contributed by atoms with E-state index in [1.165, 1.54) is 10.9 Å². The van der Waals surface area contributed by atoms with Gasteiger partial charge in [0, 0.05) is 30.7 Å². The highest BCUT2D eigenvalue weighted by Crippen LogP contribution is 2.17. The van der Waals surface area contributed by atoms with Gasteiger partial charge in [-0.1, -0.05) is 18.2 Å². The molecule has 0 fully saturated rings. The zero-order chi connectivity index (χ0) is 17.6. The van der Waals surface area contributed by atoms with Crippen LogP contribution in [-0.2, 0) is 13.0 Å². The summed E-state index contributed by atoms with van der Waals surface area (Å²) >= 11 is 0. The molecule has 2 heterocycles. The van der Waals surface area contributed by atoms with Crippen LogP contribution in [0, 0.1) is 0 Å². The molecule has 0 aliphatic carbocycles. The monoisotopic (exact) mass is 467 g/mol. The molecular formula is C18H22IN5O2. The number of aromatic amines is 1. The SMILES string of the molecule is CN=C(NCCc1c[nH]c2ccccc12)NCc1ccc(C(N)=O)o1.I. The number of H-pyrrole nitrogens is 1. The van der Waals surface area contributed by atoms with Crippen molar-refractivity contribution in [1.29, 1.82) is 0 Å². The lowest BCUT2D eigenvalue weighted by molar-refractivity contribution is 0.0972. The van der Waals surface area contributed by atoms with Gasteiger partial charge < -0.3 is 25.8 Å². The van der Waals surface area contributed by atoms with Crippen molar-refractivity contribution < 1.29 is 9.21 Å². The van der Waals surface area contributed by atoms with Gasteiger partial charge in [0.25, 0.3) is 5.91 Å². The number of halogens is 1. The third-order valence-corrected chi connectivity index (χ3v) is 3.92. The number of hydrogen-bond donors (Lipinski definition) is 4. The first-order valence-electron chi connectivity index (χ1n) is 8.05. The number of guanidine groups is 1. The fourth-order valence-corrected chi connectivity index (χ4v) is 2.65. The van der Waals surface area contributed by atoms with E-state index in [-0.39, 0.29) is 29.7 Å². The first-order valence-corrected chi connectivity index (χ1v) is 8.05. The first kappa shape index (κ1) is 19.8. The van der Waals surface area contributed by atoms with Crippen LogP contribution in [0.1, 0.15) is 21.9 Å². The quantitative estimate of drug-likeness (QED) is 0.254. The van der Waals surface area contributed by atoms with Crippen molar-refractivity contribution in [3.63, 3.8) is 0 Å². The fourth-order valence-electron chi connectivity index (χ4n) is 2.65. The lowest BCUT2D eigenvalue weighted by atomic mass is 10.1. The van der Waals surface area contributed by atoms with Crippen molar-refractivity contribution in [2.45, 2.75) is 13.0 Å². The molecule has 0 unspecified atom stereocenters. The highest BCUT2D eigenvalue weighted by atomic mass is 127. The van der Waals surface area contributed by atoms with Gasteiger partial charge in [-0.25, -0.2) is 0 Å². The van der Waals surface area contributed by atoms with Crippen molar-refractivity contribution >= 4 is 46.7 Å². The Morgan fingerprint density at radius 3 is 2.77 bits per heavy atom. The van der Waals surface area contributed by atoms with E-state index in [9.17, 15) is 4.79 Å². The Morgan fingerprint density at radius 2 is 2.04 bits per heavy atom. The van der Waals surface area contributed by atoms with E-state index in [0.29, 0.717) is 18.3 Å². The van der Waals surface area contributed by atoms with Crippen molar-refractivity contribution in [1.82, 2.24) is 15.6 Å². The number of nitrogens with zero attached hydrogens (tertiary/aromatic N) is 1. The third-order valence-electron chi connectivity index (χ3n) is 3.92. The Labute approximate surface area is 168 Å². The summed E-state index contributed by atoms with van der Waals surface area (Å²) in [7, 11) is 1.71. The summed E-state index contributed by atoms with van der Waals surface area (Å²) in [6.07, 6.45) is 2.91. The molecule has 3 aromatic rings. The minimum Gasteiger partial charge on any atom is -0.454 e. The van der Waals surface area contributed by atoms with Gasteiger partial charge in [0.15, 0.2) is 11.7 Å². The molecule has 5 N–H and O–H groups in total. The van der Waals surface area contributed by atoms with E-state index in [1.807, 2.05) is 18.3 Å². The minimum atomic E-state index is -0.576. The highest BCUT2D eigenvalue weighted by Gasteiger charge is 2.08. The number of hydrogen-bond acceptors (Lipinski definition) is 3. The van der Waals surface area contributed by atoms with E-state index in [0.717, 1.165) is 18.5 Å². The Kier molecular flexibility index (Phi) is 7.07. The summed E-state index contributed by atoms with van der Waals surface area (Å²) in [6.45, 7) is 1.16. The van der Waals surface area contributed by atoms with Crippen molar-refractivity contribution in [3.8, 4) is 0 Å². The second kappa shape index (κ2) is 9.27. The average Bonchev–Trinajstić information content (AvgIpc) is 3.25. The number of benzene rings is 1. The van der Waals surface area contributed by atoms with Crippen molar-refractivity contribution in [2.75, 3.05) is 13.6 Å². The smallest absolute Gasteiger partial charge is 0.284 e. The summed E-state index contributed by atoms with van der Waals surface area (Å²) in [6, 6.07) is 11.5. The van der Waals surface area contributed by atoms with Crippen LogP contribution in [-0.4, -0.2) is 30.4 Å². The van der Waals surface area contributed by atoms with Crippen LogP contribution in [0.2, 0.25) is 0 Å². The maximum absolute atomic E-state index is 11.0. The molecule has 0 saturated heterocycles. The molecule has 7 nitrogen and oxygen atoms in total. The van der Waals surface area contributed by atoms with Crippen LogP contribution >= 0.6 is 24.0 Å². The molecule has 8 heteroatoms. The normalized spacial score (nSPS) is 11.2. The van der Waals surface area contributed by atoms with Gasteiger partial charge in [0.1, 0.15) is 5.76 Å². The highest BCUT2D eigenvalue weighted by molar-refractivity contribution is 14.0. The summed E-state index contributed by atoms with van der Waals surface area (Å²) in [5, 5.41) is 7.64. The van der Waals surface area contributed by atoms with Crippen LogP contribution in [0.15, 0.2) is 52.0 Å². The number of aliphatic imine (C=N–C) groups is 1. The number of primary amides is 1. The van der Waals surface area contributed by atoms with E-state index in [2.05, 4.69) is 32.7 Å². The fraction of sp³-hybridized carbons (Fsp3) is 0.222. The molecule has 0 spiro atoms. The molecule has 1 amide bonds. The second-order valence-electron chi connectivity index (χ2n) is 5.59. The van der Waals surface area contributed by atoms with Crippen molar-refractivity contribution in [3.05, 3.63) is 59.7 Å². The van der Waals surface area contributed by atoms with E-state index < -0.39 is 5.91 Å². The minimum absolute atomic E-state index is 0. The number of nitrogens with two attached hydrogens (primary N) is 1. The molecule has 0 atom stereocenters. The number of carbonyl (C=O) groups is 1. The topological polar surface area (TPSA) is 108 Å². The predicted octanol–water partition coefficient (Wildman–Crippen LogP) is 2.39. The molecule has 3 rings (SSSR count). The number of aromatic nitrogens is 1. The van der Waals surface area contributed by atoms with E-state index in [1.54, 1.807) is 19.2 Å². The largest absolute Gasteiger partial charge is 0.454 e. The maximum atomic E-state index is 11.0. The van der Waals surface area contributed by atoms with Gasteiger partial charge in [0.05, 0.1) is 6.54 Å². The Morgan fingerprint density at radius 1 is 1.23 bits per heavy atom. The number of amides is 1. The third kappa shape index (κ3) is 4.78. The second-order valence-corrected chi connectivity index (χ2v) is 5.59. The van der Waals surface area contributed by atoms with E-state index >= 15 is 0 Å². The molecule has 2 aromatic heterocycles. The van der Waals surface area contributed by atoms with E-state index in [4.69, 9.17) is 10.2 Å². The standard InChI is InChI=1S/C18H21N5O2.HI/c1-20-18(23-11-13-6-7-16(25-13)17(19)24)21-9-8-12-10-22-15-5-3-2-4-14(12)15;/h2-7,10,22H,8-9,11H2,1H3,(H2,19,24)(H2,20,21,23);1H. The number of para-hydroxylation sites is 1. The van der Waals surface area contributed by atoms with Crippen LogP contribution in [0.4, 0.5) is 0 Å². The summed E-state index contributed by atoms with van der Waals surface area (Å²) in [4.78, 5) is 18.5. The lowest BCUT2D eigenvalue weighted by Crippen LogP contribution is -2.37. The molecule has 26 heavy (non-hydrogen) atoms. The van der Waals surface area contributed by atoms with Crippen LogP contribution in [0.5, 0.6) is 0 Å². The molecule has 0 aliphatic rings. The van der Waals surface area contributed by atoms with Gasteiger partial charge in [0.2, 0.25) is 0 Å². The molecular weight excluding hydrogens is 445 g/mol. The molecule has 138 valence electrons. The summed E-state index contributed by atoms with van der Waals surface area (Å²) < 4.78 is 5.33. The van der Waals surface area contributed by atoms with Gasteiger partial charge >= 0.3 is 0 Å². The summed E-state index contributed by atoms with van der Waals surface area (Å²) in [5.41, 5.74) is 7.57. The lowest BCUT2D eigenvalue weighted by Gasteiger charge is -2.10. The predicted molar refractivity (Wildman–Crippen MR) is 113 cm³/mol. The maximum Gasteiger partial charge on any atom is 0.284 e. The van der Waals surface area contributed by atoms with Crippen molar-refractivity contribution in [2.24, 2.45) is 10.7 Å². The summed E-state index contributed by atoms with van der Waals surface area (Å²) in [5.74, 6) is 0.858. The molecule has 1 aromatic carbocycles. The van der Waals surface area contributed by atoms with Gasteiger partial charge in [-0.05, 0) is 30.2 Å². The number of furan rings is 1. The van der Waals surface area contributed by atoms with Crippen LogP contribution < -0.4 is 16.4 Å². The number of fused-ring (bicyclic) bond motifs is 1. The number of carbonyl (C=O) groups excluding carboxylic acids is 1. The van der Waals surface area contributed by atoms with Gasteiger partial charge in [-0.3, -0.25) is 9.79 Å². The zero-order valence-corrected chi connectivity index (χ0v) is 16.7. The average molecular weight is 467 g/mol. The van der Waals surface area contributed by atoms with Crippen LogP contribution in [0.3, 0.4) is 0 Å². The Hall–Kier alpha value is -2.49. The van der Waals surface area contributed by atoms with Crippen LogP contribution in [0.25, 0.3) is 10.9 Å². The number of rotatable bonds is 6. The Bertz CT molecular complexity index is 900. The van der Waals surface area contributed by atoms with Gasteiger partial charge in [-0.15, -0.1) is 24.0 Å². The van der Waals surface area contributed by atoms with Gasteiger partial charge in [-0.2, -0.15) is 0 Å². The molecule has 0 radical (unpaired) electrons.